The molecule has 0 aliphatic carbocycles. The van der Waals surface area contributed by atoms with Gasteiger partial charge in [0.05, 0.1) is 16.2 Å². The largest absolute Gasteiger partial charge is 0.477 e. The monoisotopic (exact) mass is 506 g/mol. The predicted molar refractivity (Wildman–Crippen MR) is 122 cm³/mol. The van der Waals surface area contributed by atoms with E-state index in [0.29, 0.717) is 0 Å². The number of nitrogens with one attached hydrogen (secondary N) is 1. The zero-order chi connectivity index (χ0) is 24.8. The van der Waals surface area contributed by atoms with Crippen molar-refractivity contribution in [1.82, 2.24) is 9.97 Å². The van der Waals surface area contributed by atoms with Gasteiger partial charge in [0.2, 0.25) is 11.7 Å². The van der Waals surface area contributed by atoms with E-state index in [1.54, 1.807) is 0 Å². The number of benzene rings is 2. The lowest BCUT2D eigenvalue weighted by Gasteiger charge is -2.17. The number of nitrogens with two attached hydrogens (primary N) is 1. The molecule has 0 atom stereocenters. The Labute approximate surface area is 198 Å². The number of aromatic nitrogens is 2. The van der Waals surface area contributed by atoms with Crippen molar-refractivity contribution in [1.29, 1.82) is 0 Å². The SMILES string of the molecule is CC1(C)OC(c2ccnc(N)n2)=C(c2cc(Cl)cc(NS(=O)(=O)c3cccc(F)c3)c2F)C1=O. The number of nitrogens with zero attached hydrogens (tertiary/aromatic N) is 2. The van der Waals surface area contributed by atoms with Crippen LogP contribution in [0.2, 0.25) is 5.02 Å². The molecule has 2 heterocycles. The first kappa shape index (κ1) is 23.6. The summed E-state index contributed by atoms with van der Waals surface area (Å²) in [7, 11) is -4.38. The van der Waals surface area contributed by atoms with Crippen LogP contribution in [-0.2, 0) is 19.6 Å². The van der Waals surface area contributed by atoms with Crippen LogP contribution in [0.15, 0.2) is 53.6 Å². The van der Waals surface area contributed by atoms with E-state index >= 15 is 4.39 Å². The van der Waals surface area contributed by atoms with E-state index in [-0.39, 0.29) is 33.6 Å². The molecule has 4 rings (SSSR count). The average Bonchev–Trinajstić information content (AvgIpc) is 2.99. The zero-order valence-electron chi connectivity index (χ0n) is 17.8. The summed E-state index contributed by atoms with van der Waals surface area (Å²) in [5.41, 5.74) is 3.34. The number of rotatable bonds is 5. The highest BCUT2D eigenvalue weighted by Gasteiger charge is 2.44. The highest BCUT2D eigenvalue weighted by molar-refractivity contribution is 7.92. The number of carbonyl (C=O) groups excluding carboxylic acids is 1. The lowest BCUT2D eigenvalue weighted by Crippen LogP contribution is -2.29. The average molecular weight is 507 g/mol. The molecule has 34 heavy (non-hydrogen) atoms. The van der Waals surface area contributed by atoms with Crippen LogP contribution >= 0.6 is 11.6 Å². The summed E-state index contributed by atoms with van der Waals surface area (Å²) < 4.78 is 62.5. The predicted octanol–water partition coefficient (Wildman–Crippen LogP) is 4.04. The molecule has 0 unspecified atom stereocenters. The smallest absolute Gasteiger partial charge is 0.262 e. The Hall–Kier alpha value is -3.57. The summed E-state index contributed by atoms with van der Waals surface area (Å²) in [6, 6.07) is 7.82. The van der Waals surface area contributed by atoms with Crippen LogP contribution < -0.4 is 10.5 Å². The van der Waals surface area contributed by atoms with Gasteiger partial charge in [-0.25, -0.2) is 27.2 Å². The second-order valence-electron chi connectivity index (χ2n) is 7.82. The van der Waals surface area contributed by atoms with Crippen LogP contribution in [-0.4, -0.2) is 29.8 Å². The Kier molecular flexibility index (Phi) is 5.78. The van der Waals surface area contributed by atoms with Gasteiger partial charge >= 0.3 is 0 Å². The fraction of sp³-hybridized carbons (Fsp3) is 0.136. The molecule has 3 aromatic rings. The van der Waals surface area contributed by atoms with E-state index in [9.17, 15) is 17.6 Å². The molecule has 0 amide bonds. The van der Waals surface area contributed by atoms with Gasteiger partial charge in [-0.3, -0.25) is 9.52 Å². The summed E-state index contributed by atoms with van der Waals surface area (Å²) in [6.07, 6.45) is 1.34. The van der Waals surface area contributed by atoms with Crippen molar-refractivity contribution in [2.75, 3.05) is 10.5 Å². The topological polar surface area (TPSA) is 124 Å². The van der Waals surface area contributed by atoms with Gasteiger partial charge in [0.1, 0.15) is 11.5 Å². The van der Waals surface area contributed by atoms with Crippen molar-refractivity contribution >= 4 is 50.4 Å². The lowest BCUT2D eigenvalue weighted by atomic mass is 9.92. The minimum atomic E-state index is -4.38. The number of nitrogen functional groups attached to an aromatic ring is 1. The van der Waals surface area contributed by atoms with Crippen LogP contribution in [0.25, 0.3) is 11.3 Å². The lowest BCUT2D eigenvalue weighted by molar-refractivity contribution is -0.125. The second-order valence-corrected chi connectivity index (χ2v) is 9.94. The van der Waals surface area contributed by atoms with E-state index < -0.39 is 43.6 Å². The molecule has 0 fully saturated rings. The summed E-state index contributed by atoms with van der Waals surface area (Å²) in [4.78, 5) is 20.6. The molecule has 0 spiro atoms. The summed E-state index contributed by atoms with van der Waals surface area (Å²) in [5, 5.41) is -0.0695. The molecule has 0 saturated heterocycles. The highest BCUT2D eigenvalue weighted by atomic mass is 35.5. The van der Waals surface area contributed by atoms with Crippen LogP contribution in [0.1, 0.15) is 25.1 Å². The Balaban J connectivity index is 1.88. The Morgan fingerprint density at radius 2 is 1.88 bits per heavy atom. The molecule has 0 radical (unpaired) electrons. The van der Waals surface area contributed by atoms with Gasteiger partial charge in [-0.05, 0) is 50.2 Å². The molecule has 176 valence electrons. The van der Waals surface area contributed by atoms with Crippen LogP contribution in [0, 0.1) is 11.6 Å². The molecule has 8 nitrogen and oxygen atoms in total. The number of carbonyl (C=O) groups is 1. The van der Waals surface area contributed by atoms with Crippen molar-refractivity contribution in [3.05, 3.63) is 76.6 Å². The molecular weight excluding hydrogens is 490 g/mol. The molecule has 1 aromatic heterocycles. The van der Waals surface area contributed by atoms with Gasteiger partial charge in [0.25, 0.3) is 10.0 Å². The first-order chi connectivity index (χ1) is 15.9. The van der Waals surface area contributed by atoms with E-state index in [1.165, 1.54) is 38.2 Å². The summed E-state index contributed by atoms with van der Waals surface area (Å²) in [6.45, 7) is 2.98. The van der Waals surface area contributed by atoms with Gasteiger partial charge in [-0.1, -0.05) is 17.7 Å². The Morgan fingerprint density at radius 3 is 2.56 bits per heavy atom. The third-order valence-electron chi connectivity index (χ3n) is 4.92. The van der Waals surface area contributed by atoms with E-state index in [4.69, 9.17) is 22.1 Å². The van der Waals surface area contributed by atoms with E-state index in [0.717, 1.165) is 24.3 Å². The number of Topliss-reactive ketones (excluding diaryl/α,β-unsaturated/α-hetero) is 1. The number of anilines is 2. The fourth-order valence-electron chi connectivity index (χ4n) is 3.37. The standard InChI is InChI=1S/C22H17ClF2N4O4S/c1-22(2)20(30)17(19(33-22)15-6-7-27-21(26)28-15)14-8-11(23)9-16(18(14)25)29-34(31,32)13-5-3-4-12(24)10-13/h3-10,29H,1-2H3,(H2,26,27,28). The molecule has 1 aliphatic heterocycles. The molecule has 2 aromatic carbocycles. The Morgan fingerprint density at radius 1 is 1.15 bits per heavy atom. The third kappa shape index (κ3) is 4.31. The summed E-state index contributed by atoms with van der Waals surface area (Å²) >= 11 is 6.16. The Bertz CT molecular complexity index is 1480. The number of hydrogen-bond acceptors (Lipinski definition) is 7. The van der Waals surface area contributed by atoms with Gasteiger partial charge in [-0.15, -0.1) is 0 Å². The number of sulfonamides is 1. The zero-order valence-corrected chi connectivity index (χ0v) is 19.3. The van der Waals surface area contributed by atoms with Gasteiger partial charge in [0.15, 0.2) is 17.2 Å². The number of halogens is 3. The maximum atomic E-state index is 15.7. The number of hydrogen-bond donors (Lipinski definition) is 2. The van der Waals surface area contributed by atoms with Crippen molar-refractivity contribution in [3.63, 3.8) is 0 Å². The van der Waals surface area contributed by atoms with Gasteiger partial charge < -0.3 is 10.5 Å². The molecule has 3 N–H and O–H groups in total. The third-order valence-corrected chi connectivity index (χ3v) is 6.50. The van der Waals surface area contributed by atoms with Crippen LogP contribution in [0.3, 0.4) is 0 Å². The first-order valence-corrected chi connectivity index (χ1v) is 11.6. The normalized spacial score (nSPS) is 15.4. The molecule has 12 heteroatoms. The highest BCUT2D eigenvalue weighted by Crippen LogP contribution is 2.43. The minimum Gasteiger partial charge on any atom is -0.477 e. The maximum Gasteiger partial charge on any atom is 0.262 e. The molecule has 0 saturated carbocycles. The molecular formula is C22H17ClF2N4O4S. The van der Waals surface area contributed by atoms with Crippen LogP contribution in [0.4, 0.5) is 20.4 Å². The van der Waals surface area contributed by atoms with Gasteiger partial charge in [-0.2, -0.15) is 0 Å². The van der Waals surface area contributed by atoms with Crippen molar-refractivity contribution < 1.29 is 26.7 Å². The molecule has 0 bridgehead atoms. The van der Waals surface area contributed by atoms with E-state index in [2.05, 4.69) is 14.7 Å². The van der Waals surface area contributed by atoms with Crippen molar-refractivity contribution in [3.8, 4) is 0 Å². The molecule has 1 aliphatic rings. The second kappa shape index (κ2) is 8.33. The summed E-state index contributed by atoms with van der Waals surface area (Å²) in [5.74, 6) is -2.62. The van der Waals surface area contributed by atoms with E-state index in [1.807, 2.05) is 0 Å². The van der Waals surface area contributed by atoms with Gasteiger partial charge in [0, 0.05) is 16.8 Å². The number of ether oxygens (including phenoxy) is 1. The quantitative estimate of drug-likeness (QED) is 0.535. The first-order valence-electron chi connectivity index (χ1n) is 9.74. The number of ketones is 1. The van der Waals surface area contributed by atoms with Crippen LogP contribution in [0.5, 0.6) is 0 Å². The maximum absolute atomic E-state index is 15.7. The van der Waals surface area contributed by atoms with Crippen molar-refractivity contribution in [2.45, 2.75) is 24.3 Å². The fourth-order valence-corrected chi connectivity index (χ4v) is 4.66. The minimum absolute atomic E-state index is 0.0656. The van der Waals surface area contributed by atoms with Crippen molar-refractivity contribution in [2.24, 2.45) is 0 Å².